The molecule has 4 nitrogen and oxygen atoms in total. The van der Waals surface area contributed by atoms with E-state index < -0.39 is 10.0 Å². The summed E-state index contributed by atoms with van der Waals surface area (Å²) >= 11 is 9.41. The fourth-order valence-electron chi connectivity index (χ4n) is 2.42. The molecule has 0 bridgehead atoms. The summed E-state index contributed by atoms with van der Waals surface area (Å²) in [4.78, 5) is 0.183. The van der Waals surface area contributed by atoms with Crippen LogP contribution >= 0.6 is 39.9 Å². The van der Waals surface area contributed by atoms with Crippen LogP contribution in [0.3, 0.4) is 0 Å². The summed E-state index contributed by atoms with van der Waals surface area (Å²) in [6.45, 7) is 4.05. The fraction of sp³-hybridized carbons (Fsp3) is 0.538. The van der Waals surface area contributed by atoms with Crippen LogP contribution in [0.4, 0.5) is 0 Å². The number of hydrogen-bond acceptors (Lipinski definition) is 3. The van der Waals surface area contributed by atoms with E-state index >= 15 is 0 Å². The van der Waals surface area contributed by atoms with Crippen molar-refractivity contribution < 1.29 is 8.42 Å². The smallest absolute Gasteiger partial charge is 0.244 e. The van der Waals surface area contributed by atoms with Crippen LogP contribution < -0.4 is 5.32 Å². The highest BCUT2D eigenvalue weighted by atomic mass is 79.9. The van der Waals surface area contributed by atoms with Gasteiger partial charge in [0.25, 0.3) is 0 Å². The standard InChI is InChI=1S/C13H18BrClN2O2S.ClH/c1-2-7-17(11-5-6-16-9-11)20(18,19)13-4-3-10(14)8-12(13)15;/h3-4,8,11,16H,2,5-7,9H2,1H3;1H. The molecule has 1 heterocycles. The first kappa shape index (κ1) is 19.2. The van der Waals surface area contributed by atoms with Crippen LogP contribution in [0.1, 0.15) is 19.8 Å². The molecular formula is C13H19BrCl2N2O2S. The van der Waals surface area contributed by atoms with Gasteiger partial charge >= 0.3 is 0 Å². The largest absolute Gasteiger partial charge is 0.315 e. The highest BCUT2D eigenvalue weighted by Crippen LogP contribution is 2.29. The summed E-state index contributed by atoms with van der Waals surface area (Å²) in [6, 6.07) is 4.90. The molecule has 1 aromatic carbocycles. The molecule has 0 radical (unpaired) electrons. The predicted octanol–water partition coefficient (Wildman–Crippen LogP) is 3.29. The third-order valence-electron chi connectivity index (χ3n) is 3.37. The number of sulfonamides is 1. The van der Waals surface area contributed by atoms with E-state index in [4.69, 9.17) is 11.6 Å². The molecule has 1 saturated heterocycles. The lowest BCUT2D eigenvalue weighted by Gasteiger charge is -2.27. The van der Waals surface area contributed by atoms with Gasteiger partial charge in [0.2, 0.25) is 10.0 Å². The first-order valence-corrected chi connectivity index (χ1v) is 9.25. The zero-order valence-corrected chi connectivity index (χ0v) is 15.7. The molecule has 8 heteroatoms. The third-order valence-corrected chi connectivity index (χ3v) is 6.29. The summed E-state index contributed by atoms with van der Waals surface area (Å²) in [6.07, 6.45) is 1.62. The second-order valence-corrected chi connectivity index (χ2v) is 8.02. The van der Waals surface area contributed by atoms with Crippen molar-refractivity contribution in [2.75, 3.05) is 19.6 Å². The van der Waals surface area contributed by atoms with Gasteiger partial charge in [-0.15, -0.1) is 12.4 Å². The van der Waals surface area contributed by atoms with E-state index in [1.54, 1.807) is 22.5 Å². The minimum absolute atomic E-state index is 0. The van der Waals surface area contributed by atoms with Gasteiger partial charge in [-0.3, -0.25) is 0 Å². The van der Waals surface area contributed by atoms with Crippen molar-refractivity contribution in [1.82, 2.24) is 9.62 Å². The Kier molecular flexibility index (Phi) is 7.43. The van der Waals surface area contributed by atoms with Gasteiger partial charge in [-0.25, -0.2) is 8.42 Å². The molecule has 21 heavy (non-hydrogen) atoms. The van der Waals surface area contributed by atoms with Gasteiger partial charge in [0, 0.05) is 23.6 Å². The van der Waals surface area contributed by atoms with E-state index in [0.29, 0.717) is 13.1 Å². The van der Waals surface area contributed by atoms with Crippen molar-refractivity contribution in [2.24, 2.45) is 0 Å². The molecule has 0 amide bonds. The molecule has 0 saturated carbocycles. The molecule has 0 spiro atoms. The SMILES string of the molecule is CCCN(C1CCNC1)S(=O)(=O)c1ccc(Br)cc1Cl.Cl. The van der Waals surface area contributed by atoms with Crippen molar-refractivity contribution in [1.29, 1.82) is 0 Å². The molecule has 1 N–H and O–H groups in total. The molecule has 0 aliphatic carbocycles. The van der Waals surface area contributed by atoms with E-state index in [2.05, 4.69) is 21.2 Å². The second-order valence-electron chi connectivity index (χ2n) is 4.84. The van der Waals surface area contributed by atoms with Gasteiger partial charge in [-0.1, -0.05) is 34.5 Å². The van der Waals surface area contributed by atoms with Crippen molar-refractivity contribution >= 4 is 50.0 Å². The van der Waals surface area contributed by atoms with Crippen LogP contribution in [0.15, 0.2) is 27.6 Å². The van der Waals surface area contributed by atoms with Crippen LogP contribution in [0.25, 0.3) is 0 Å². The van der Waals surface area contributed by atoms with Gasteiger partial charge < -0.3 is 5.32 Å². The summed E-state index contributed by atoms with van der Waals surface area (Å²) in [5.74, 6) is 0. The molecular weight excluding hydrogens is 399 g/mol. The van der Waals surface area contributed by atoms with Crippen molar-refractivity contribution in [3.63, 3.8) is 0 Å². The van der Waals surface area contributed by atoms with E-state index in [1.807, 2.05) is 6.92 Å². The Morgan fingerprint density at radius 3 is 2.71 bits per heavy atom. The van der Waals surface area contributed by atoms with Crippen LogP contribution in [0.5, 0.6) is 0 Å². The number of hydrogen-bond donors (Lipinski definition) is 1. The summed E-state index contributed by atoms with van der Waals surface area (Å²) < 4.78 is 28.0. The second kappa shape index (κ2) is 8.13. The molecule has 1 fully saturated rings. The minimum Gasteiger partial charge on any atom is -0.315 e. The lowest BCUT2D eigenvalue weighted by atomic mass is 10.2. The van der Waals surface area contributed by atoms with Crippen molar-refractivity contribution in [3.05, 3.63) is 27.7 Å². The highest BCUT2D eigenvalue weighted by Gasteiger charge is 2.33. The fourth-order valence-corrected chi connectivity index (χ4v) is 5.17. The van der Waals surface area contributed by atoms with E-state index in [0.717, 1.165) is 23.9 Å². The Balaban J connectivity index is 0.00000220. The number of nitrogens with zero attached hydrogens (tertiary/aromatic N) is 1. The lowest BCUT2D eigenvalue weighted by Crippen LogP contribution is -2.42. The first-order valence-electron chi connectivity index (χ1n) is 6.64. The lowest BCUT2D eigenvalue weighted by molar-refractivity contribution is 0.335. The maximum atomic E-state index is 12.8. The minimum atomic E-state index is -3.55. The summed E-state index contributed by atoms with van der Waals surface area (Å²) in [5.41, 5.74) is 0. The van der Waals surface area contributed by atoms with Gasteiger partial charge in [-0.2, -0.15) is 4.31 Å². The van der Waals surface area contributed by atoms with E-state index in [9.17, 15) is 8.42 Å². The molecule has 0 aromatic heterocycles. The van der Waals surface area contributed by atoms with Crippen molar-refractivity contribution in [2.45, 2.75) is 30.7 Å². The molecule has 1 unspecified atom stereocenters. The normalized spacial score (nSPS) is 18.8. The Morgan fingerprint density at radius 1 is 1.48 bits per heavy atom. The zero-order valence-electron chi connectivity index (χ0n) is 11.7. The average Bonchev–Trinajstić information content (AvgIpc) is 2.88. The average molecular weight is 418 g/mol. The molecule has 1 aromatic rings. The molecule has 1 aliphatic heterocycles. The van der Waals surface area contributed by atoms with E-state index in [1.165, 1.54) is 0 Å². The Labute approximate surface area is 145 Å². The van der Waals surface area contributed by atoms with Gasteiger partial charge in [0.05, 0.1) is 5.02 Å². The van der Waals surface area contributed by atoms with Crippen LogP contribution in [0.2, 0.25) is 5.02 Å². The number of benzene rings is 1. The zero-order chi connectivity index (χ0) is 14.8. The van der Waals surface area contributed by atoms with Crippen molar-refractivity contribution in [3.8, 4) is 0 Å². The quantitative estimate of drug-likeness (QED) is 0.799. The Morgan fingerprint density at radius 2 is 2.19 bits per heavy atom. The van der Waals surface area contributed by atoms with Gasteiger partial charge in [-0.05, 0) is 37.6 Å². The van der Waals surface area contributed by atoms with Crippen LogP contribution in [-0.2, 0) is 10.0 Å². The molecule has 120 valence electrons. The molecule has 1 aliphatic rings. The molecule has 1 atom stereocenters. The summed E-state index contributed by atoms with van der Waals surface area (Å²) in [7, 11) is -3.55. The Bertz CT molecular complexity index is 578. The summed E-state index contributed by atoms with van der Waals surface area (Å²) in [5, 5.41) is 3.47. The van der Waals surface area contributed by atoms with Gasteiger partial charge in [0.1, 0.15) is 4.90 Å². The number of nitrogens with one attached hydrogen (secondary N) is 1. The monoisotopic (exact) mass is 416 g/mol. The third kappa shape index (κ3) is 4.33. The topological polar surface area (TPSA) is 49.4 Å². The van der Waals surface area contributed by atoms with Gasteiger partial charge in [0.15, 0.2) is 0 Å². The first-order chi connectivity index (χ1) is 9.46. The predicted molar refractivity (Wildman–Crippen MR) is 91.9 cm³/mol. The highest BCUT2D eigenvalue weighted by molar-refractivity contribution is 9.10. The number of halogens is 3. The maximum Gasteiger partial charge on any atom is 0.244 e. The Hall–Kier alpha value is 0.150. The van der Waals surface area contributed by atoms with Crippen LogP contribution in [0, 0.1) is 0 Å². The van der Waals surface area contributed by atoms with E-state index in [-0.39, 0.29) is 28.4 Å². The number of rotatable bonds is 5. The molecule has 2 rings (SSSR count). The maximum absolute atomic E-state index is 12.8. The van der Waals surface area contributed by atoms with Crippen LogP contribution in [-0.4, -0.2) is 38.4 Å².